The van der Waals surface area contributed by atoms with Gasteiger partial charge in [-0.25, -0.2) is 0 Å². The highest BCUT2D eigenvalue weighted by Crippen LogP contribution is 2.58. The van der Waals surface area contributed by atoms with Gasteiger partial charge >= 0.3 is 0 Å². The average Bonchev–Trinajstić information content (AvgIpc) is 2.59. The SMILES string of the molecule is CC1=CC2C(=O)CC1(C)C1CC=CC21. The van der Waals surface area contributed by atoms with E-state index in [2.05, 4.69) is 32.1 Å². The predicted octanol–water partition coefficient (Wildman–Crippen LogP) is 2.73. The molecule has 0 aliphatic heterocycles. The van der Waals surface area contributed by atoms with Crippen LogP contribution >= 0.6 is 0 Å². The Balaban J connectivity index is 2.15. The van der Waals surface area contributed by atoms with Crippen molar-refractivity contribution in [2.75, 3.05) is 0 Å². The zero-order valence-electron chi connectivity index (χ0n) is 8.79. The highest BCUT2D eigenvalue weighted by molar-refractivity contribution is 5.87. The monoisotopic (exact) mass is 188 g/mol. The molecule has 0 heterocycles. The summed E-state index contributed by atoms with van der Waals surface area (Å²) in [6.45, 7) is 4.48. The Morgan fingerprint density at radius 1 is 1.50 bits per heavy atom. The van der Waals surface area contributed by atoms with Gasteiger partial charge in [-0.3, -0.25) is 4.79 Å². The summed E-state index contributed by atoms with van der Waals surface area (Å²) in [5, 5.41) is 0. The summed E-state index contributed by atoms with van der Waals surface area (Å²) in [5.74, 6) is 1.90. The van der Waals surface area contributed by atoms with Gasteiger partial charge in [-0.15, -0.1) is 0 Å². The van der Waals surface area contributed by atoms with Crippen molar-refractivity contribution in [2.45, 2.75) is 26.7 Å². The molecule has 1 saturated carbocycles. The van der Waals surface area contributed by atoms with Gasteiger partial charge in [0.1, 0.15) is 5.78 Å². The van der Waals surface area contributed by atoms with E-state index in [1.54, 1.807) is 0 Å². The fraction of sp³-hybridized carbons (Fsp3) is 0.615. The van der Waals surface area contributed by atoms with E-state index in [1.807, 2.05) is 0 Å². The van der Waals surface area contributed by atoms with Crippen molar-refractivity contribution in [3.8, 4) is 0 Å². The molecule has 4 rings (SSSR count). The molecule has 0 saturated heterocycles. The molecule has 4 aliphatic rings. The number of ketones is 1. The molecule has 1 fully saturated rings. The third-order valence-electron chi connectivity index (χ3n) is 4.69. The zero-order valence-corrected chi connectivity index (χ0v) is 8.79. The number of rotatable bonds is 0. The summed E-state index contributed by atoms with van der Waals surface area (Å²) in [6, 6.07) is 0. The van der Waals surface area contributed by atoms with Crippen molar-refractivity contribution in [1.29, 1.82) is 0 Å². The van der Waals surface area contributed by atoms with Gasteiger partial charge in [0, 0.05) is 12.3 Å². The van der Waals surface area contributed by atoms with Gasteiger partial charge < -0.3 is 0 Å². The minimum absolute atomic E-state index is 0.167. The molecule has 14 heavy (non-hydrogen) atoms. The molecule has 0 N–H and O–H groups in total. The Morgan fingerprint density at radius 3 is 3.07 bits per heavy atom. The minimum atomic E-state index is 0.167. The normalized spacial score (nSPS) is 49.4. The van der Waals surface area contributed by atoms with Crippen LogP contribution in [-0.2, 0) is 4.79 Å². The van der Waals surface area contributed by atoms with Crippen LogP contribution in [0.3, 0.4) is 0 Å². The van der Waals surface area contributed by atoms with Crippen LogP contribution in [-0.4, -0.2) is 5.78 Å². The van der Waals surface area contributed by atoms with Crippen molar-refractivity contribution in [1.82, 2.24) is 0 Å². The number of hydrogen-bond acceptors (Lipinski definition) is 1. The molecule has 4 atom stereocenters. The fourth-order valence-corrected chi connectivity index (χ4v) is 3.65. The molecular weight excluding hydrogens is 172 g/mol. The molecule has 2 bridgehead atoms. The van der Waals surface area contributed by atoms with Crippen molar-refractivity contribution in [3.05, 3.63) is 23.8 Å². The molecule has 1 heteroatoms. The first-order valence-electron chi connectivity index (χ1n) is 5.51. The van der Waals surface area contributed by atoms with E-state index in [1.165, 1.54) is 12.0 Å². The summed E-state index contributed by atoms with van der Waals surface area (Å²) < 4.78 is 0. The number of fused-ring (bicyclic) bond motifs is 1. The number of carbonyl (C=O) groups excluding carboxylic acids is 1. The van der Waals surface area contributed by atoms with E-state index in [9.17, 15) is 4.79 Å². The number of Topliss-reactive ketones (excluding diaryl/α,β-unsaturated/α-hetero) is 1. The maximum atomic E-state index is 11.9. The zero-order chi connectivity index (χ0) is 9.92. The third-order valence-corrected chi connectivity index (χ3v) is 4.69. The Morgan fingerprint density at radius 2 is 2.29 bits per heavy atom. The van der Waals surface area contributed by atoms with Crippen molar-refractivity contribution < 1.29 is 4.79 Å². The van der Waals surface area contributed by atoms with Crippen molar-refractivity contribution in [3.63, 3.8) is 0 Å². The second-order valence-electron chi connectivity index (χ2n) is 5.28. The molecule has 0 spiro atoms. The van der Waals surface area contributed by atoms with E-state index in [4.69, 9.17) is 0 Å². The number of hydrogen-bond donors (Lipinski definition) is 0. The van der Waals surface area contributed by atoms with Gasteiger partial charge in [0.2, 0.25) is 0 Å². The molecule has 0 radical (unpaired) electrons. The van der Waals surface area contributed by atoms with Gasteiger partial charge in [-0.05, 0) is 30.6 Å². The number of allylic oxidation sites excluding steroid dienone is 4. The Labute approximate surface area is 84.9 Å². The first-order chi connectivity index (χ1) is 6.63. The maximum Gasteiger partial charge on any atom is 0.141 e. The smallest absolute Gasteiger partial charge is 0.141 e. The lowest BCUT2D eigenvalue weighted by atomic mass is 9.52. The van der Waals surface area contributed by atoms with Crippen LogP contribution in [0, 0.1) is 23.2 Å². The molecule has 0 amide bonds. The lowest BCUT2D eigenvalue weighted by Crippen LogP contribution is -2.48. The van der Waals surface area contributed by atoms with Gasteiger partial charge in [0.05, 0.1) is 0 Å². The summed E-state index contributed by atoms with van der Waals surface area (Å²) >= 11 is 0. The molecule has 74 valence electrons. The van der Waals surface area contributed by atoms with Crippen LogP contribution in [0.2, 0.25) is 0 Å². The van der Waals surface area contributed by atoms with Crippen LogP contribution in [0.5, 0.6) is 0 Å². The largest absolute Gasteiger partial charge is 0.299 e. The Bertz CT molecular complexity index is 363. The lowest BCUT2D eigenvalue weighted by molar-refractivity contribution is -0.131. The average molecular weight is 188 g/mol. The summed E-state index contributed by atoms with van der Waals surface area (Å²) in [6.07, 6.45) is 8.72. The molecule has 0 aromatic heterocycles. The fourth-order valence-electron chi connectivity index (χ4n) is 3.65. The van der Waals surface area contributed by atoms with E-state index >= 15 is 0 Å². The van der Waals surface area contributed by atoms with Crippen LogP contribution < -0.4 is 0 Å². The number of carbonyl (C=O) groups is 1. The van der Waals surface area contributed by atoms with Crippen LogP contribution in [0.25, 0.3) is 0 Å². The molecular formula is C13H16O. The summed E-state index contributed by atoms with van der Waals surface area (Å²) in [5.41, 5.74) is 1.62. The van der Waals surface area contributed by atoms with Crippen LogP contribution in [0.15, 0.2) is 23.8 Å². The quantitative estimate of drug-likeness (QED) is 0.534. The lowest BCUT2D eigenvalue weighted by Gasteiger charge is -2.50. The first-order valence-corrected chi connectivity index (χ1v) is 5.51. The first kappa shape index (κ1) is 8.46. The summed E-state index contributed by atoms with van der Waals surface area (Å²) in [7, 11) is 0. The van der Waals surface area contributed by atoms with Crippen LogP contribution in [0.1, 0.15) is 26.7 Å². The van der Waals surface area contributed by atoms with Gasteiger partial charge in [-0.1, -0.05) is 30.7 Å². The Kier molecular flexibility index (Phi) is 1.44. The predicted molar refractivity (Wildman–Crippen MR) is 55.7 cm³/mol. The van der Waals surface area contributed by atoms with E-state index in [0.29, 0.717) is 17.6 Å². The van der Waals surface area contributed by atoms with Gasteiger partial charge in [0.15, 0.2) is 0 Å². The van der Waals surface area contributed by atoms with Crippen molar-refractivity contribution in [2.24, 2.45) is 23.2 Å². The minimum Gasteiger partial charge on any atom is -0.299 e. The second-order valence-corrected chi connectivity index (χ2v) is 5.28. The van der Waals surface area contributed by atoms with Crippen LogP contribution in [0.4, 0.5) is 0 Å². The molecule has 1 nitrogen and oxygen atoms in total. The molecule has 0 aromatic carbocycles. The third kappa shape index (κ3) is 0.789. The molecule has 4 aliphatic carbocycles. The summed E-state index contributed by atoms with van der Waals surface area (Å²) in [4.78, 5) is 11.9. The highest BCUT2D eigenvalue weighted by Gasteiger charge is 2.54. The maximum absolute atomic E-state index is 11.9. The van der Waals surface area contributed by atoms with Crippen molar-refractivity contribution >= 4 is 5.78 Å². The molecule has 4 unspecified atom stereocenters. The second kappa shape index (κ2) is 2.39. The van der Waals surface area contributed by atoms with E-state index in [0.717, 1.165) is 6.42 Å². The molecule has 0 aromatic rings. The van der Waals surface area contributed by atoms with E-state index in [-0.39, 0.29) is 11.3 Å². The topological polar surface area (TPSA) is 17.1 Å². The highest BCUT2D eigenvalue weighted by atomic mass is 16.1. The van der Waals surface area contributed by atoms with Gasteiger partial charge in [-0.2, -0.15) is 0 Å². The standard InChI is InChI=1S/C13H16O/c1-8-6-10-9-4-3-5-11(9)13(8,2)7-12(10)14/h3-4,6,9-11H,5,7H2,1-2H3. The van der Waals surface area contributed by atoms with E-state index < -0.39 is 0 Å². The van der Waals surface area contributed by atoms with Gasteiger partial charge in [0.25, 0.3) is 0 Å². The Hall–Kier alpha value is -0.850.